The van der Waals surface area contributed by atoms with E-state index < -0.39 is 10.0 Å². The third-order valence-corrected chi connectivity index (χ3v) is 6.03. The smallest absolute Gasteiger partial charge is 0.240 e. The highest BCUT2D eigenvalue weighted by molar-refractivity contribution is 7.89. The van der Waals surface area contributed by atoms with Crippen LogP contribution >= 0.6 is 11.6 Å². The van der Waals surface area contributed by atoms with Crippen molar-refractivity contribution >= 4 is 21.6 Å². The Balaban J connectivity index is 2.17. The van der Waals surface area contributed by atoms with Crippen LogP contribution in [-0.2, 0) is 16.6 Å². The first kappa shape index (κ1) is 16.7. The Hall–Kier alpha value is -0.620. The van der Waals surface area contributed by atoms with Crippen LogP contribution in [0.25, 0.3) is 0 Å². The summed E-state index contributed by atoms with van der Waals surface area (Å²) in [7, 11) is -3.60. The van der Waals surface area contributed by atoms with E-state index in [1.54, 1.807) is 13.0 Å². The monoisotopic (exact) mass is 331 g/mol. The normalized spacial score (nSPS) is 22.7. The van der Waals surface area contributed by atoms with Crippen molar-refractivity contribution in [3.63, 3.8) is 0 Å². The second kappa shape index (κ2) is 6.65. The zero-order chi connectivity index (χ0) is 15.6. The molecule has 2 atom stereocenters. The van der Waals surface area contributed by atoms with Crippen LogP contribution in [0.15, 0.2) is 17.0 Å². The Kier molecular flexibility index (Phi) is 5.30. The highest BCUT2D eigenvalue weighted by atomic mass is 35.5. The molecule has 4 nitrogen and oxygen atoms in total. The van der Waals surface area contributed by atoms with Gasteiger partial charge in [0.05, 0.1) is 11.5 Å². The van der Waals surface area contributed by atoms with E-state index in [-0.39, 0.29) is 11.5 Å². The first-order valence-corrected chi connectivity index (χ1v) is 9.09. The molecule has 1 aromatic rings. The van der Waals surface area contributed by atoms with Crippen LogP contribution in [0.4, 0.5) is 0 Å². The van der Waals surface area contributed by atoms with Gasteiger partial charge in [0, 0.05) is 11.6 Å². The molecule has 2 rings (SSSR count). The Labute approximate surface area is 131 Å². The number of hydrogen-bond donors (Lipinski definition) is 2. The van der Waals surface area contributed by atoms with E-state index >= 15 is 0 Å². The van der Waals surface area contributed by atoms with Gasteiger partial charge in [-0.25, -0.2) is 13.1 Å². The number of sulfonamides is 1. The summed E-state index contributed by atoms with van der Waals surface area (Å²) in [6.07, 6.45) is 3.30. The van der Waals surface area contributed by atoms with Gasteiger partial charge in [-0.15, -0.1) is 0 Å². The quantitative estimate of drug-likeness (QED) is 0.871. The third-order valence-electron chi connectivity index (χ3n) is 4.26. The Morgan fingerprint density at radius 3 is 2.67 bits per heavy atom. The van der Waals surface area contributed by atoms with Crippen LogP contribution in [-0.4, -0.2) is 20.1 Å². The van der Waals surface area contributed by atoms with Crippen molar-refractivity contribution in [1.82, 2.24) is 4.72 Å². The largest absolute Gasteiger partial charge is 0.392 e. The number of aliphatic hydroxyl groups is 1. The van der Waals surface area contributed by atoms with E-state index in [9.17, 15) is 13.5 Å². The minimum Gasteiger partial charge on any atom is -0.392 e. The molecule has 0 spiro atoms. The summed E-state index contributed by atoms with van der Waals surface area (Å²) in [5.74, 6) is 1.08. The van der Waals surface area contributed by atoms with Gasteiger partial charge in [0.15, 0.2) is 0 Å². The van der Waals surface area contributed by atoms with E-state index in [4.69, 9.17) is 11.6 Å². The lowest BCUT2D eigenvalue weighted by Gasteiger charge is -2.15. The lowest BCUT2D eigenvalue weighted by atomic mass is 10.1. The fraction of sp³-hybridized carbons (Fsp3) is 0.600. The van der Waals surface area contributed by atoms with E-state index in [0.29, 0.717) is 34.5 Å². The summed E-state index contributed by atoms with van der Waals surface area (Å²) >= 11 is 5.95. The van der Waals surface area contributed by atoms with Gasteiger partial charge in [-0.2, -0.15) is 0 Å². The van der Waals surface area contributed by atoms with Crippen LogP contribution in [0, 0.1) is 18.8 Å². The second-order valence-electron chi connectivity index (χ2n) is 5.98. The zero-order valence-electron chi connectivity index (χ0n) is 12.4. The lowest BCUT2D eigenvalue weighted by Crippen LogP contribution is -2.29. The molecule has 1 fully saturated rings. The minimum atomic E-state index is -3.60. The summed E-state index contributed by atoms with van der Waals surface area (Å²) < 4.78 is 27.6. The predicted octanol–water partition coefficient (Wildman–Crippen LogP) is 2.86. The van der Waals surface area contributed by atoms with Crippen LogP contribution in [0.3, 0.4) is 0 Å². The SMILES string of the molecule is Cc1c(CO)cc(Cl)cc1S(=O)(=O)NCC1CCC(C)C1. The molecule has 1 saturated carbocycles. The fourth-order valence-corrected chi connectivity index (χ4v) is 4.70. The standard InChI is InChI=1S/C15H22ClNO3S/c1-10-3-4-12(5-10)8-17-21(19,20)15-7-14(16)6-13(9-18)11(15)2/h6-7,10,12,17-18H,3-5,8-9H2,1-2H3. The van der Waals surface area contributed by atoms with Gasteiger partial charge in [0.25, 0.3) is 0 Å². The summed E-state index contributed by atoms with van der Waals surface area (Å²) in [5, 5.41) is 9.61. The molecule has 0 amide bonds. The number of nitrogens with one attached hydrogen (secondary N) is 1. The van der Waals surface area contributed by atoms with E-state index in [2.05, 4.69) is 11.6 Å². The second-order valence-corrected chi connectivity index (χ2v) is 8.15. The molecular formula is C15H22ClNO3S. The Morgan fingerprint density at radius 1 is 1.38 bits per heavy atom. The molecule has 0 aliphatic heterocycles. The van der Waals surface area contributed by atoms with Crippen molar-refractivity contribution in [2.75, 3.05) is 6.54 Å². The van der Waals surface area contributed by atoms with Crippen LogP contribution in [0.2, 0.25) is 5.02 Å². The molecule has 2 unspecified atom stereocenters. The van der Waals surface area contributed by atoms with Crippen molar-refractivity contribution in [2.24, 2.45) is 11.8 Å². The van der Waals surface area contributed by atoms with Gasteiger partial charge in [0.2, 0.25) is 10.0 Å². The van der Waals surface area contributed by atoms with Gasteiger partial charge >= 0.3 is 0 Å². The average Bonchev–Trinajstić information content (AvgIpc) is 2.84. The first-order chi connectivity index (χ1) is 9.83. The van der Waals surface area contributed by atoms with Crippen molar-refractivity contribution in [2.45, 2.75) is 44.6 Å². The maximum Gasteiger partial charge on any atom is 0.240 e. The summed E-state index contributed by atoms with van der Waals surface area (Å²) in [4.78, 5) is 0.157. The van der Waals surface area contributed by atoms with Crippen molar-refractivity contribution in [3.05, 3.63) is 28.3 Å². The van der Waals surface area contributed by atoms with Crippen LogP contribution in [0.1, 0.15) is 37.3 Å². The molecule has 118 valence electrons. The fourth-order valence-electron chi connectivity index (χ4n) is 2.97. The molecule has 1 aliphatic carbocycles. The minimum absolute atomic E-state index is 0.157. The van der Waals surface area contributed by atoms with Gasteiger partial charge in [0.1, 0.15) is 0 Å². The highest BCUT2D eigenvalue weighted by Gasteiger charge is 2.25. The number of benzene rings is 1. The van der Waals surface area contributed by atoms with Crippen molar-refractivity contribution < 1.29 is 13.5 Å². The summed E-state index contributed by atoms with van der Waals surface area (Å²) in [5.41, 5.74) is 1.09. The number of aliphatic hydroxyl groups excluding tert-OH is 1. The van der Waals surface area contributed by atoms with Gasteiger partial charge in [-0.1, -0.05) is 24.9 Å². The van der Waals surface area contributed by atoms with Crippen LogP contribution in [0.5, 0.6) is 0 Å². The highest BCUT2D eigenvalue weighted by Crippen LogP contribution is 2.30. The van der Waals surface area contributed by atoms with E-state index in [0.717, 1.165) is 19.3 Å². The molecule has 6 heteroatoms. The lowest BCUT2D eigenvalue weighted by molar-refractivity contribution is 0.280. The van der Waals surface area contributed by atoms with E-state index in [1.807, 2.05) is 0 Å². The van der Waals surface area contributed by atoms with Crippen molar-refractivity contribution in [3.8, 4) is 0 Å². The number of halogens is 1. The molecular weight excluding hydrogens is 310 g/mol. The van der Waals surface area contributed by atoms with E-state index in [1.165, 1.54) is 6.07 Å². The maximum absolute atomic E-state index is 12.5. The summed E-state index contributed by atoms with van der Waals surface area (Å²) in [6.45, 7) is 4.12. The third kappa shape index (κ3) is 3.97. The average molecular weight is 332 g/mol. The van der Waals surface area contributed by atoms with Gasteiger partial charge in [-0.3, -0.25) is 0 Å². The molecule has 0 aromatic heterocycles. The van der Waals surface area contributed by atoms with Gasteiger partial charge in [-0.05, 0) is 54.9 Å². The molecule has 0 radical (unpaired) electrons. The van der Waals surface area contributed by atoms with Gasteiger partial charge < -0.3 is 5.11 Å². The van der Waals surface area contributed by atoms with Crippen LogP contribution < -0.4 is 4.72 Å². The number of rotatable bonds is 5. The Bertz CT molecular complexity index is 616. The molecule has 21 heavy (non-hydrogen) atoms. The zero-order valence-corrected chi connectivity index (χ0v) is 14.0. The molecule has 0 bridgehead atoms. The maximum atomic E-state index is 12.5. The predicted molar refractivity (Wildman–Crippen MR) is 83.8 cm³/mol. The molecule has 0 heterocycles. The first-order valence-electron chi connectivity index (χ1n) is 7.23. The molecule has 2 N–H and O–H groups in total. The topological polar surface area (TPSA) is 66.4 Å². The Morgan fingerprint density at radius 2 is 2.10 bits per heavy atom. The molecule has 1 aliphatic rings. The van der Waals surface area contributed by atoms with Crippen molar-refractivity contribution in [1.29, 1.82) is 0 Å². The molecule has 0 saturated heterocycles. The number of hydrogen-bond acceptors (Lipinski definition) is 3. The summed E-state index contributed by atoms with van der Waals surface area (Å²) in [6, 6.07) is 3.03. The molecule has 1 aromatic carbocycles.